The first-order valence-electron chi connectivity index (χ1n) is 11.6. The van der Waals surface area contributed by atoms with Crippen molar-refractivity contribution in [3.63, 3.8) is 0 Å². The fraction of sp³-hybridized carbons (Fsp3) is 0.481. The standard InChI is InChI=1S/C15H13S.3C4H9.Sn/c1-13-7-9-15(10-8-13)16-12-11-14-5-3-2-4-6-14;3*1-3-4-2;/h2-11H,1H3;3*1,3-4H2,2H3;. The van der Waals surface area contributed by atoms with Crippen LogP contribution in [0.5, 0.6) is 0 Å². The van der Waals surface area contributed by atoms with E-state index in [1.165, 1.54) is 67.9 Å². The number of rotatable bonds is 13. The molecule has 0 aliphatic carbocycles. The fourth-order valence-electron chi connectivity index (χ4n) is 4.01. The zero-order chi connectivity index (χ0) is 21.0. The van der Waals surface area contributed by atoms with Crippen molar-refractivity contribution in [2.24, 2.45) is 0 Å². The van der Waals surface area contributed by atoms with E-state index in [-0.39, 0.29) is 0 Å². The molecule has 0 saturated carbocycles. The minimum atomic E-state index is -2.49. The van der Waals surface area contributed by atoms with Crippen LogP contribution in [0.15, 0.2) is 62.4 Å². The molecule has 0 N–H and O–H groups in total. The number of hydrogen-bond acceptors (Lipinski definition) is 1. The Bertz CT molecular complexity index is 696. The van der Waals surface area contributed by atoms with E-state index in [0.29, 0.717) is 0 Å². The quantitative estimate of drug-likeness (QED) is 0.189. The summed E-state index contributed by atoms with van der Waals surface area (Å²) in [4.78, 5) is 1.42. The van der Waals surface area contributed by atoms with Crippen LogP contribution < -0.4 is 0 Å². The van der Waals surface area contributed by atoms with Crippen LogP contribution in [0.2, 0.25) is 13.3 Å². The summed E-state index contributed by atoms with van der Waals surface area (Å²) in [5, 5.41) is 0. The number of hydrogen-bond donors (Lipinski definition) is 0. The Hall–Kier alpha value is -0.671. The van der Waals surface area contributed by atoms with Crippen LogP contribution in [0, 0.1) is 6.92 Å². The van der Waals surface area contributed by atoms with Crippen LogP contribution in [0.25, 0.3) is 6.08 Å². The Labute approximate surface area is 188 Å². The van der Waals surface area contributed by atoms with Crippen molar-refractivity contribution in [1.29, 1.82) is 0 Å². The van der Waals surface area contributed by atoms with E-state index in [2.05, 4.69) is 100 Å². The van der Waals surface area contributed by atoms with Gasteiger partial charge in [0.25, 0.3) is 0 Å². The second kappa shape index (κ2) is 13.6. The molecule has 2 heteroatoms. The van der Waals surface area contributed by atoms with Crippen LogP contribution >= 0.6 is 11.8 Å². The van der Waals surface area contributed by atoms with Gasteiger partial charge in [-0.3, -0.25) is 0 Å². The Morgan fingerprint density at radius 3 is 1.76 bits per heavy atom. The minimum absolute atomic E-state index is 1.32. The van der Waals surface area contributed by atoms with Gasteiger partial charge in [-0.1, -0.05) is 0 Å². The predicted molar refractivity (Wildman–Crippen MR) is 136 cm³/mol. The SMILES string of the molecule is CCC[CH2][Sn]([CH2]CCC)([CH2]CCC)/[C](=C\c1ccccc1)Sc1ccc(C)cc1. The third-order valence-electron chi connectivity index (χ3n) is 5.90. The molecule has 0 spiro atoms. The molecule has 0 radical (unpaired) electrons. The Morgan fingerprint density at radius 1 is 0.759 bits per heavy atom. The molecule has 0 fully saturated rings. The van der Waals surface area contributed by atoms with Crippen LogP contribution in [0.4, 0.5) is 0 Å². The number of thioether (sulfide) groups is 1. The van der Waals surface area contributed by atoms with Gasteiger partial charge in [-0.2, -0.15) is 0 Å². The number of unbranched alkanes of at least 4 members (excludes halogenated alkanes) is 3. The summed E-state index contributed by atoms with van der Waals surface area (Å²) in [7, 11) is 0. The number of benzene rings is 2. The van der Waals surface area contributed by atoms with E-state index in [1.807, 2.05) is 0 Å². The van der Waals surface area contributed by atoms with Gasteiger partial charge in [0.15, 0.2) is 0 Å². The molecule has 0 aliphatic heterocycles. The number of aryl methyl sites for hydroxylation is 1. The van der Waals surface area contributed by atoms with Crippen molar-refractivity contribution < 1.29 is 0 Å². The molecule has 2 rings (SSSR count). The molecule has 0 bridgehead atoms. The van der Waals surface area contributed by atoms with Crippen molar-refractivity contribution in [2.45, 2.75) is 84.4 Å². The second-order valence-electron chi connectivity index (χ2n) is 8.43. The second-order valence-corrected chi connectivity index (χ2v) is 23.7. The molecular formula is C27H40SSn. The predicted octanol–water partition coefficient (Wildman–Crippen LogP) is 9.52. The summed E-state index contributed by atoms with van der Waals surface area (Å²) in [6.45, 7) is 9.28. The summed E-state index contributed by atoms with van der Waals surface area (Å²) in [6, 6.07) is 20.3. The Balaban J connectivity index is 2.50. The molecular weight excluding hydrogens is 475 g/mol. The molecule has 2 aromatic rings. The Kier molecular flexibility index (Phi) is 11.5. The van der Waals surface area contributed by atoms with Crippen LogP contribution in [0.3, 0.4) is 0 Å². The third-order valence-corrected chi connectivity index (χ3v) is 25.1. The van der Waals surface area contributed by atoms with Gasteiger partial charge in [0.05, 0.1) is 0 Å². The van der Waals surface area contributed by atoms with E-state index < -0.39 is 18.4 Å². The van der Waals surface area contributed by atoms with E-state index in [4.69, 9.17) is 0 Å². The van der Waals surface area contributed by atoms with E-state index in [1.54, 1.807) is 2.92 Å². The molecule has 0 unspecified atom stereocenters. The van der Waals surface area contributed by atoms with Gasteiger partial charge in [-0.05, 0) is 0 Å². The average Bonchev–Trinajstić information content (AvgIpc) is 2.75. The van der Waals surface area contributed by atoms with Gasteiger partial charge in [0.2, 0.25) is 0 Å². The molecule has 0 nitrogen and oxygen atoms in total. The van der Waals surface area contributed by atoms with Crippen molar-refractivity contribution in [3.05, 3.63) is 68.6 Å². The van der Waals surface area contributed by atoms with Gasteiger partial charge >= 0.3 is 189 Å². The molecule has 2 aromatic carbocycles. The molecule has 158 valence electrons. The van der Waals surface area contributed by atoms with Gasteiger partial charge in [0.1, 0.15) is 0 Å². The topological polar surface area (TPSA) is 0 Å². The van der Waals surface area contributed by atoms with Crippen molar-refractivity contribution in [3.8, 4) is 0 Å². The maximum absolute atomic E-state index is 2.58. The summed E-state index contributed by atoms with van der Waals surface area (Å²) in [5.74, 6) is 0. The molecule has 0 heterocycles. The third kappa shape index (κ3) is 8.17. The van der Waals surface area contributed by atoms with Gasteiger partial charge in [-0.15, -0.1) is 0 Å². The van der Waals surface area contributed by atoms with E-state index >= 15 is 0 Å². The molecule has 0 aromatic heterocycles. The first-order chi connectivity index (χ1) is 14.1. The molecule has 0 aliphatic rings. The van der Waals surface area contributed by atoms with Crippen LogP contribution in [0.1, 0.15) is 70.4 Å². The molecule has 0 atom stereocenters. The Morgan fingerprint density at radius 2 is 1.28 bits per heavy atom. The molecule has 29 heavy (non-hydrogen) atoms. The zero-order valence-corrected chi connectivity index (χ0v) is 22.7. The molecule has 0 saturated heterocycles. The van der Waals surface area contributed by atoms with Crippen LogP contribution in [-0.4, -0.2) is 18.4 Å². The van der Waals surface area contributed by atoms with Gasteiger partial charge in [0, 0.05) is 0 Å². The monoisotopic (exact) mass is 516 g/mol. The normalized spacial score (nSPS) is 12.3. The summed E-state index contributed by atoms with van der Waals surface area (Å²) in [5.41, 5.74) is 2.73. The van der Waals surface area contributed by atoms with Gasteiger partial charge in [-0.25, -0.2) is 0 Å². The summed E-state index contributed by atoms with van der Waals surface area (Å²) in [6.07, 6.45) is 10.8. The van der Waals surface area contributed by atoms with Crippen molar-refractivity contribution in [1.82, 2.24) is 0 Å². The van der Waals surface area contributed by atoms with E-state index in [9.17, 15) is 0 Å². The first-order valence-corrected chi connectivity index (χ1v) is 19.9. The summed E-state index contributed by atoms with van der Waals surface area (Å²) < 4.78 is 6.33. The maximum atomic E-state index is 2.58. The molecule has 0 amide bonds. The van der Waals surface area contributed by atoms with Crippen molar-refractivity contribution >= 4 is 36.2 Å². The van der Waals surface area contributed by atoms with Gasteiger partial charge < -0.3 is 0 Å². The summed E-state index contributed by atoms with van der Waals surface area (Å²) >= 11 is -0.381. The first kappa shape index (κ1) is 24.6. The van der Waals surface area contributed by atoms with E-state index in [0.717, 1.165) is 0 Å². The average molecular weight is 515 g/mol. The van der Waals surface area contributed by atoms with Crippen molar-refractivity contribution in [2.75, 3.05) is 0 Å². The van der Waals surface area contributed by atoms with Crippen LogP contribution in [-0.2, 0) is 0 Å². The zero-order valence-electron chi connectivity index (χ0n) is 19.0. The fourth-order valence-corrected chi connectivity index (χ4v) is 24.3.